The molecule has 1 aromatic heterocycles. The Balaban J connectivity index is 1.64. The number of ether oxygens (including phenoxy) is 1. The molecule has 150 valence electrons. The summed E-state index contributed by atoms with van der Waals surface area (Å²) in [5.41, 5.74) is 4.94. The van der Waals surface area contributed by atoms with E-state index < -0.39 is 5.97 Å². The van der Waals surface area contributed by atoms with Gasteiger partial charge in [0, 0.05) is 29.6 Å². The first-order valence-electron chi connectivity index (χ1n) is 9.49. The van der Waals surface area contributed by atoms with Crippen LogP contribution in [0.4, 0.5) is 5.69 Å². The van der Waals surface area contributed by atoms with Gasteiger partial charge in [0.1, 0.15) is 5.75 Å². The van der Waals surface area contributed by atoms with Gasteiger partial charge in [-0.3, -0.25) is 0 Å². The van der Waals surface area contributed by atoms with E-state index in [1.165, 1.54) is 0 Å². The highest BCUT2D eigenvalue weighted by Gasteiger charge is 2.13. The molecular weight excluding hydrogens is 378 g/mol. The van der Waals surface area contributed by atoms with Crippen molar-refractivity contribution in [3.63, 3.8) is 0 Å². The molecule has 6 heteroatoms. The lowest BCUT2D eigenvalue weighted by molar-refractivity contribution is 0.0697. The summed E-state index contributed by atoms with van der Waals surface area (Å²) in [6.07, 6.45) is 1.97. The van der Waals surface area contributed by atoms with Crippen LogP contribution in [-0.4, -0.2) is 28.0 Å². The second-order valence-corrected chi connectivity index (χ2v) is 6.75. The highest BCUT2D eigenvalue weighted by atomic mass is 16.5. The van der Waals surface area contributed by atoms with Crippen molar-refractivity contribution in [3.05, 3.63) is 96.2 Å². The molecule has 0 saturated carbocycles. The molecular formula is C24H21N3O3. The van der Waals surface area contributed by atoms with E-state index in [9.17, 15) is 4.79 Å². The van der Waals surface area contributed by atoms with Crippen LogP contribution in [0.2, 0.25) is 0 Å². The molecule has 0 amide bonds. The normalized spacial score (nSPS) is 10.6. The maximum Gasteiger partial charge on any atom is 0.335 e. The summed E-state index contributed by atoms with van der Waals surface area (Å²) in [5.74, 6) is -0.139. The lowest BCUT2D eigenvalue weighted by Crippen LogP contribution is -2.00. The molecule has 0 aliphatic rings. The largest absolute Gasteiger partial charge is 0.497 e. The van der Waals surface area contributed by atoms with Gasteiger partial charge in [0.15, 0.2) is 0 Å². The SMILES string of the molecule is COc1ccc(NCc2cn(-c3ccc(C(=O)O)cc3)nc2-c2ccccc2)cc1. The number of nitrogens with zero attached hydrogens (tertiary/aromatic N) is 2. The van der Waals surface area contributed by atoms with Crippen LogP contribution < -0.4 is 10.1 Å². The quantitative estimate of drug-likeness (QED) is 0.464. The van der Waals surface area contributed by atoms with Crippen LogP contribution in [0.5, 0.6) is 5.75 Å². The average molecular weight is 399 g/mol. The average Bonchev–Trinajstić information content (AvgIpc) is 3.23. The van der Waals surface area contributed by atoms with Gasteiger partial charge in [-0.15, -0.1) is 0 Å². The zero-order valence-electron chi connectivity index (χ0n) is 16.4. The first kappa shape index (κ1) is 19.3. The van der Waals surface area contributed by atoms with Gasteiger partial charge < -0.3 is 15.2 Å². The van der Waals surface area contributed by atoms with Gasteiger partial charge in [0.05, 0.1) is 24.1 Å². The van der Waals surface area contributed by atoms with Crippen LogP contribution in [0, 0.1) is 0 Å². The Hall–Kier alpha value is -4.06. The van der Waals surface area contributed by atoms with E-state index in [4.69, 9.17) is 14.9 Å². The maximum absolute atomic E-state index is 11.1. The van der Waals surface area contributed by atoms with E-state index in [2.05, 4.69) is 5.32 Å². The zero-order valence-corrected chi connectivity index (χ0v) is 16.4. The third-order valence-electron chi connectivity index (χ3n) is 4.79. The number of nitrogens with one attached hydrogen (secondary N) is 1. The zero-order chi connectivity index (χ0) is 20.9. The van der Waals surface area contributed by atoms with Crippen LogP contribution in [-0.2, 0) is 6.54 Å². The second kappa shape index (κ2) is 8.53. The molecule has 0 bridgehead atoms. The predicted molar refractivity (Wildman–Crippen MR) is 116 cm³/mol. The predicted octanol–water partition coefficient (Wildman–Crippen LogP) is 4.86. The Morgan fingerprint density at radius 3 is 2.33 bits per heavy atom. The van der Waals surface area contributed by atoms with Crippen LogP contribution >= 0.6 is 0 Å². The molecule has 0 saturated heterocycles. The van der Waals surface area contributed by atoms with Crippen molar-refractivity contribution in [1.82, 2.24) is 9.78 Å². The Kier molecular flexibility index (Phi) is 5.48. The fraction of sp³-hybridized carbons (Fsp3) is 0.0833. The molecule has 1 heterocycles. The first-order chi connectivity index (χ1) is 14.6. The van der Waals surface area contributed by atoms with Crippen LogP contribution in [0.1, 0.15) is 15.9 Å². The number of methoxy groups -OCH3 is 1. The number of carbonyl (C=O) groups is 1. The number of aromatic nitrogens is 2. The number of carboxylic acids is 1. The van der Waals surface area contributed by atoms with Gasteiger partial charge in [-0.2, -0.15) is 5.10 Å². The number of aromatic carboxylic acids is 1. The molecule has 0 unspecified atom stereocenters. The van der Waals surface area contributed by atoms with Crippen molar-refractivity contribution in [1.29, 1.82) is 0 Å². The van der Waals surface area contributed by atoms with Crippen molar-refractivity contribution in [2.45, 2.75) is 6.54 Å². The molecule has 0 fully saturated rings. The number of hydrogen-bond donors (Lipinski definition) is 2. The third-order valence-corrected chi connectivity index (χ3v) is 4.79. The van der Waals surface area contributed by atoms with Gasteiger partial charge >= 0.3 is 5.97 Å². The summed E-state index contributed by atoms with van der Waals surface area (Å²) in [4.78, 5) is 11.1. The van der Waals surface area contributed by atoms with Crippen LogP contribution in [0.3, 0.4) is 0 Å². The Bertz CT molecular complexity index is 1130. The molecule has 30 heavy (non-hydrogen) atoms. The molecule has 3 aromatic carbocycles. The summed E-state index contributed by atoms with van der Waals surface area (Å²) in [7, 11) is 1.64. The molecule has 0 radical (unpaired) electrons. The van der Waals surface area contributed by atoms with Crippen LogP contribution in [0.15, 0.2) is 85.1 Å². The number of benzene rings is 3. The topological polar surface area (TPSA) is 76.4 Å². The molecule has 0 spiro atoms. The lowest BCUT2D eigenvalue weighted by atomic mass is 10.1. The standard InChI is InChI=1S/C24H21N3O3/c1-30-22-13-9-20(10-14-22)25-15-19-16-27(21-11-7-18(8-12-21)24(28)29)26-23(19)17-5-3-2-4-6-17/h2-14,16,25H,15H2,1H3,(H,28,29). The van der Waals surface area contributed by atoms with Crippen molar-refractivity contribution in [2.75, 3.05) is 12.4 Å². The number of hydrogen-bond acceptors (Lipinski definition) is 4. The smallest absolute Gasteiger partial charge is 0.335 e. The lowest BCUT2D eigenvalue weighted by Gasteiger charge is -2.07. The summed E-state index contributed by atoms with van der Waals surface area (Å²) >= 11 is 0. The Labute approximate surface area is 174 Å². The van der Waals surface area contributed by atoms with E-state index in [-0.39, 0.29) is 5.56 Å². The van der Waals surface area contributed by atoms with Crippen molar-refractivity contribution < 1.29 is 14.6 Å². The van der Waals surface area contributed by atoms with E-state index in [1.54, 1.807) is 36.1 Å². The first-order valence-corrected chi connectivity index (χ1v) is 9.49. The molecule has 6 nitrogen and oxygen atoms in total. The van der Waals surface area contributed by atoms with Gasteiger partial charge in [-0.05, 0) is 48.5 Å². The summed E-state index contributed by atoms with van der Waals surface area (Å²) < 4.78 is 6.98. The van der Waals surface area contributed by atoms with E-state index in [0.29, 0.717) is 6.54 Å². The fourth-order valence-electron chi connectivity index (χ4n) is 3.17. The minimum Gasteiger partial charge on any atom is -0.497 e. The van der Waals surface area contributed by atoms with E-state index in [0.717, 1.165) is 33.9 Å². The molecule has 4 rings (SSSR count). The van der Waals surface area contributed by atoms with E-state index in [1.807, 2.05) is 60.8 Å². The highest BCUT2D eigenvalue weighted by molar-refractivity contribution is 5.87. The second-order valence-electron chi connectivity index (χ2n) is 6.75. The highest BCUT2D eigenvalue weighted by Crippen LogP contribution is 2.25. The van der Waals surface area contributed by atoms with Crippen molar-refractivity contribution in [2.24, 2.45) is 0 Å². The fourth-order valence-corrected chi connectivity index (χ4v) is 3.17. The summed E-state index contributed by atoms with van der Waals surface area (Å²) in [6, 6.07) is 24.4. The van der Waals surface area contributed by atoms with Crippen LogP contribution in [0.25, 0.3) is 16.9 Å². The van der Waals surface area contributed by atoms with Crippen molar-refractivity contribution >= 4 is 11.7 Å². The van der Waals surface area contributed by atoms with Gasteiger partial charge in [-0.1, -0.05) is 30.3 Å². The van der Waals surface area contributed by atoms with Crippen molar-refractivity contribution in [3.8, 4) is 22.7 Å². The third kappa shape index (κ3) is 4.17. The number of carboxylic acid groups (broad SMARTS) is 1. The van der Waals surface area contributed by atoms with E-state index >= 15 is 0 Å². The van der Waals surface area contributed by atoms with Gasteiger partial charge in [0.25, 0.3) is 0 Å². The molecule has 2 N–H and O–H groups in total. The summed E-state index contributed by atoms with van der Waals surface area (Å²) in [5, 5.41) is 17.3. The monoisotopic (exact) mass is 399 g/mol. The van der Waals surface area contributed by atoms with Gasteiger partial charge in [0.2, 0.25) is 0 Å². The maximum atomic E-state index is 11.1. The minimum absolute atomic E-state index is 0.246. The number of rotatable bonds is 7. The molecule has 0 aliphatic heterocycles. The molecule has 4 aromatic rings. The molecule has 0 atom stereocenters. The molecule has 0 aliphatic carbocycles. The Morgan fingerprint density at radius 1 is 1.00 bits per heavy atom. The minimum atomic E-state index is -0.948. The number of anilines is 1. The summed E-state index contributed by atoms with van der Waals surface area (Å²) in [6.45, 7) is 0.587. The Morgan fingerprint density at radius 2 is 1.70 bits per heavy atom. The van der Waals surface area contributed by atoms with Gasteiger partial charge in [-0.25, -0.2) is 9.48 Å².